The fourth-order valence-corrected chi connectivity index (χ4v) is 4.65. The van der Waals surface area contributed by atoms with E-state index in [1.807, 2.05) is 0 Å². The first-order valence-corrected chi connectivity index (χ1v) is 21.2. The SMILES string of the molecule is CC#N.CO.CO.CO.[Dy+3].[N-]=C=S.[O-]c1ccccc1/C=N/N/C(=N/N=C/c1ccccc1O)N/N=C/c1ccccc1O.[O-]c1ccccc1/C=N/N/C(=N/N=C/c1ccccc1O)N/N=C/c1ccccc1O. The number of benzene rings is 6. The van der Waals surface area contributed by atoms with Gasteiger partial charge < -0.3 is 51.4 Å². The Kier molecular flexibility index (Phi) is 40.9. The molecule has 0 aliphatic carbocycles. The summed E-state index contributed by atoms with van der Waals surface area (Å²) in [7, 11) is 3.00. The van der Waals surface area contributed by atoms with Gasteiger partial charge in [0, 0.05) is 50.5 Å². The van der Waals surface area contributed by atoms with Crippen LogP contribution in [0.4, 0.5) is 0 Å². The summed E-state index contributed by atoms with van der Waals surface area (Å²) in [6.07, 6.45) is 8.22. The van der Waals surface area contributed by atoms with Gasteiger partial charge in [-0.2, -0.15) is 41.0 Å². The van der Waals surface area contributed by atoms with Gasteiger partial charge in [-0.05, 0) is 59.7 Å². The molecule has 11 N–H and O–H groups in total. The second-order valence-corrected chi connectivity index (χ2v) is 12.7. The van der Waals surface area contributed by atoms with Gasteiger partial charge in [-0.3, -0.25) is 0 Å². The minimum atomic E-state index is -0.172. The van der Waals surface area contributed by atoms with Crippen LogP contribution in [0.1, 0.15) is 40.3 Å². The Labute approximate surface area is 468 Å². The van der Waals surface area contributed by atoms with Crippen LogP contribution in [0.15, 0.2) is 186 Å². The van der Waals surface area contributed by atoms with Gasteiger partial charge in [0.25, 0.3) is 11.9 Å². The van der Waals surface area contributed by atoms with Crippen LogP contribution in [0.25, 0.3) is 5.41 Å². The second kappa shape index (κ2) is 45.0. The number of aromatic hydroxyl groups is 4. The van der Waals surface area contributed by atoms with E-state index in [1.54, 1.807) is 115 Å². The van der Waals surface area contributed by atoms with Crippen LogP contribution in [0, 0.1) is 49.5 Å². The van der Waals surface area contributed by atoms with Gasteiger partial charge in [-0.25, -0.2) is 21.7 Å². The molecule has 393 valence electrons. The van der Waals surface area contributed by atoms with Gasteiger partial charge >= 0.3 is 38.2 Å². The Hall–Kier alpha value is -8.88. The van der Waals surface area contributed by atoms with Gasteiger partial charge in [0.15, 0.2) is 0 Å². The van der Waals surface area contributed by atoms with Crippen molar-refractivity contribution >= 4 is 66.6 Å². The van der Waals surface area contributed by atoms with E-state index in [-0.39, 0.29) is 84.6 Å². The van der Waals surface area contributed by atoms with Crippen molar-refractivity contribution < 1.29 is 84.1 Å². The first-order valence-electron chi connectivity index (χ1n) is 20.8. The summed E-state index contributed by atoms with van der Waals surface area (Å²) in [5, 5.41) is 131. The van der Waals surface area contributed by atoms with Gasteiger partial charge in [0.2, 0.25) is 0 Å². The molecule has 0 atom stereocenters. The zero-order valence-corrected chi connectivity index (χ0v) is 43.3. The van der Waals surface area contributed by atoms with E-state index in [9.17, 15) is 30.6 Å². The third-order valence-electron chi connectivity index (χ3n) is 7.79. The summed E-state index contributed by atoms with van der Waals surface area (Å²) in [6.45, 7) is 1.43. The molecule has 1 radical (unpaired) electrons. The Morgan fingerprint density at radius 1 is 0.453 bits per heavy atom. The summed E-state index contributed by atoms with van der Waals surface area (Å²) in [4.78, 5) is 0. The molecule has 0 unspecified atom stereocenters. The van der Waals surface area contributed by atoms with Crippen molar-refractivity contribution in [3.05, 3.63) is 184 Å². The first-order chi connectivity index (χ1) is 36.1. The molecular weight excluding hydrogens is 1140 g/mol. The van der Waals surface area contributed by atoms with E-state index >= 15 is 0 Å². The molecule has 23 nitrogen and oxygen atoms in total. The Morgan fingerprint density at radius 2 is 0.653 bits per heavy atom. The average Bonchev–Trinajstić information content (AvgIpc) is 3.42. The minimum Gasteiger partial charge on any atom is -0.872 e. The van der Waals surface area contributed by atoms with Crippen LogP contribution < -0.4 is 31.9 Å². The van der Waals surface area contributed by atoms with Crippen molar-refractivity contribution in [3.63, 3.8) is 0 Å². The van der Waals surface area contributed by atoms with Crippen LogP contribution in [-0.4, -0.2) is 111 Å². The Bertz CT molecular complexity index is 2570. The van der Waals surface area contributed by atoms with Crippen LogP contribution in [-0.2, 0) is 0 Å². The largest absolute Gasteiger partial charge is 3.00 e. The number of nitrogens with zero attached hydrogens (tertiary/aromatic N) is 10. The monoisotopic (exact) mass is 1190 g/mol. The number of phenols is 4. The number of phenolic OH excluding ortho intramolecular Hbond substituents is 4. The summed E-state index contributed by atoms with van der Waals surface area (Å²) >= 11 is 3.70. The zero-order chi connectivity index (χ0) is 55.2. The van der Waals surface area contributed by atoms with Gasteiger partial charge in [-0.15, -0.1) is 10.2 Å². The maximum atomic E-state index is 11.8. The number of hydrazone groups is 4. The predicted molar refractivity (Wildman–Crippen MR) is 289 cm³/mol. The molecule has 0 aliphatic rings. The number of guanidine groups is 2. The topological polar surface area (TPSA) is 381 Å². The van der Waals surface area contributed by atoms with Crippen molar-refractivity contribution in [3.8, 4) is 40.6 Å². The molecule has 0 spiro atoms. The van der Waals surface area contributed by atoms with Crippen LogP contribution in [0.2, 0.25) is 0 Å². The number of aliphatic hydroxyl groups excluding tert-OH is 3. The normalized spacial score (nSPS) is 10.4. The molecule has 0 heterocycles. The number of para-hydroxylation sites is 6. The van der Waals surface area contributed by atoms with E-state index in [1.165, 1.54) is 85.8 Å². The first kappa shape index (κ1) is 68.2. The fourth-order valence-electron chi connectivity index (χ4n) is 4.65. The van der Waals surface area contributed by atoms with Crippen molar-refractivity contribution in [2.24, 2.45) is 40.8 Å². The Balaban J connectivity index is 0. The average molecular weight is 1190 g/mol. The molecule has 6 aromatic carbocycles. The zero-order valence-electron chi connectivity index (χ0n) is 40.5. The number of thiocarbonyl (C=S) groups is 1. The molecule has 0 saturated heterocycles. The number of aliphatic hydroxyl groups is 3. The molecule has 75 heavy (non-hydrogen) atoms. The number of nitriles is 1. The third-order valence-corrected chi connectivity index (χ3v) is 7.79. The van der Waals surface area contributed by atoms with E-state index in [0.29, 0.717) is 33.4 Å². The standard InChI is InChI=1S/2C22H20N6O3.C2H3N.CNS.3CH4O.Dy/c2*29-19-10-4-1-7-16(19)13-23-26-22(27-24-14-17-8-2-5-11-20(17)30)28-25-15-18-9-3-6-12-21(18)31;1-2-3;2-1-3;3*1-2;/h2*1-15,29-31H,(H2,26,27,28);1H3;;3*2H,1H3;/q;;;-1;;;;+3/p-2/b2*23-13+,24-14+,25-15+;;;;;;. The predicted octanol–water partition coefficient (Wildman–Crippen LogP) is 4.23. The molecule has 0 bridgehead atoms. The van der Waals surface area contributed by atoms with Crippen LogP contribution in [0.5, 0.6) is 34.5 Å². The minimum absolute atomic E-state index is 0. The van der Waals surface area contributed by atoms with Crippen LogP contribution >= 0.6 is 12.2 Å². The molecule has 0 aromatic heterocycles. The molecule has 25 heteroatoms. The van der Waals surface area contributed by atoms with Gasteiger partial charge in [0.05, 0.1) is 43.4 Å². The number of hydrogen-bond donors (Lipinski definition) is 11. The van der Waals surface area contributed by atoms with Gasteiger partial charge in [-0.1, -0.05) is 121 Å². The van der Waals surface area contributed by atoms with Crippen molar-refractivity contribution in [2.75, 3.05) is 21.3 Å². The third kappa shape index (κ3) is 29.9. The second-order valence-electron chi connectivity index (χ2n) is 12.5. The number of nitrogens with one attached hydrogen (secondary N) is 4. The molecule has 0 saturated carbocycles. The van der Waals surface area contributed by atoms with Crippen molar-refractivity contribution in [1.29, 1.82) is 5.26 Å². The smallest absolute Gasteiger partial charge is 0.872 e. The van der Waals surface area contributed by atoms with E-state index in [4.69, 9.17) is 26.0 Å². The maximum absolute atomic E-state index is 11.8. The molecular formula is C50H53DyN14O9S. The molecule has 0 amide bonds. The Morgan fingerprint density at radius 3 is 0.893 bits per heavy atom. The molecule has 0 fully saturated rings. The number of isothiocyanates is 1. The fraction of sp³-hybridized carbons (Fsp3) is 0.0800. The number of hydrogen-bond acceptors (Lipinski definition) is 19. The molecule has 6 aromatic rings. The number of rotatable bonds is 12. The molecule has 0 aliphatic heterocycles. The maximum Gasteiger partial charge on any atom is 3.00 e. The van der Waals surface area contributed by atoms with E-state index in [2.05, 4.69) is 74.7 Å². The van der Waals surface area contributed by atoms with Gasteiger partial charge in [0.1, 0.15) is 23.0 Å². The summed E-state index contributed by atoms with van der Waals surface area (Å²) in [5.74, 6) is 0.00246. The van der Waals surface area contributed by atoms with Crippen molar-refractivity contribution in [1.82, 2.24) is 21.7 Å². The van der Waals surface area contributed by atoms with E-state index in [0.717, 1.165) is 21.3 Å². The summed E-state index contributed by atoms with van der Waals surface area (Å²) in [6, 6.07) is 41.3. The van der Waals surface area contributed by atoms with Crippen molar-refractivity contribution in [2.45, 2.75) is 6.92 Å². The van der Waals surface area contributed by atoms with E-state index < -0.39 is 0 Å². The summed E-state index contributed by atoms with van der Waals surface area (Å²) < 4.78 is 0. The van der Waals surface area contributed by atoms with Crippen LogP contribution in [0.3, 0.4) is 0 Å². The quantitative estimate of drug-likeness (QED) is 0.0353. The molecule has 6 rings (SSSR count). The summed E-state index contributed by atoms with van der Waals surface area (Å²) in [5.41, 5.74) is 13.2.